The van der Waals surface area contributed by atoms with Crippen molar-refractivity contribution in [2.24, 2.45) is 0 Å². The summed E-state index contributed by atoms with van der Waals surface area (Å²) in [5.74, 6) is -1.82. The molecule has 2 atom stereocenters. The highest BCUT2D eigenvalue weighted by molar-refractivity contribution is 5.88. The summed E-state index contributed by atoms with van der Waals surface area (Å²) in [4.78, 5) is 38.6. The Hall–Kier alpha value is -3.95. The van der Waals surface area contributed by atoms with E-state index in [1.54, 1.807) is 7.05 Å². The topological polar surface area (TPSA) is 114 Å². The molecular weight excluding hydrogens is 572 g/mol. The molecule has 0 fully saturated rings. The van der Waals surface area contributed by atoms with E-state index in [4.69, 9.17) is 9.47 Å². The number of ether oxygens (including phenoxy) is 3. The molecule has 2 amide bonds. The van der Waals surface area contributed by atoms with Crippen molar-refractivity contribution in [2.45, 2.75) is 77.4 Å². The second kappa shape index (κ2) is 18.8. The number of aryl methyl sites for hydroxylation is 4. The van der Waals surface area contributed by atoms with E-state index in [-0.39, 0.29) is 6.61 Å². The first kappa shape index (κ1) is 35.5. The third kappa shape index (κ3) is 11.8. The fourth-order valence-electron chi connectivity index (χ4n) is 5.19. The molecule has 0 aliphatic carbocycles. The van der Waals surface area contributed by atoms with Crippen molar-refractivity contribution in [1.82, 2.24) is 10.2 Å². The number of aliphatic carboxylic acids is 1. The Balaban J connectivity index is 1.50. The monoisotopic (exact) mass is 620 g/mol. The molecule has 2 unspecified atom stereocenters. The molecule has 45 heavy (non-hydrogen) atoms. The van der Waals surface area contributed by atoms with Crippen molar-refractivity contribution in [3.05, 3.63) is 82.9 Å². The number of fused-ring (bicyclic) bond motifs is 1. The van der Waals surface area contributed by atoms with Crippen molar-refractivity contribution < 1.29 is 33.7 Å². The minimum atomic E-state index is -1.60. The Bertz CT molecular complexity index is 1390. The van der Waals surface area contributed by atoms with Crippen LogP contribution in [0, 0.1) is 13.8 Å². The number of hydrogen-bond donors (Lipinski definition) is 2. The number of unbranched alkanes of at least 4 members (excludes halogenated alkanes) is 4. The van der Waals surface area contributed by atoms with Crippen LogP contribution in [0.3, 0.4) is 0 Å². The molecule has 0 saturated heterocycles. The Morgan fingerprint density at radius 3 is 2.13 bits per heavy atom. The van der Waals surface area contributed by atoms with Gasteiger partial charge in [0.1, 0.15) is 6.73 Å². The van der Waals surface area contributed by atoms with Gasteiger partial charge < -0.3 is 24.2 Å². The summed E-state index contributed by atoms with van der Waals surface area (Å²) in [5, 5.41) is 14.6. The van der Waals surface area contributed by atoms with E-state index in [0.717, 1.165) is 44.9 Å². The zero-order valence-corrected chi connectivity index (χ0v) is 27.1. The number of carboxylic acid groups (broad SMARTS) is 1. The van der Waals surface area contributed by atoms with Crippen LogP contribution in [-0.4, -0.2) is 74.2 Å². The summed E-state index contributed by atoms with van der Waals surface area (Å²) in [5.41, 5.74) is 5.10. The average molecular weight is 621 g/mol. The number of rotatable bonds is 19. The maximum atomic E-state index is 13.5. The normalized spacial score (nSPS) is 12.4. The summed E-state index contributed by atoms with van der Waals surface area (Å²) >= 11 is 0. The number of carbonyl (C=O) groups excluding carboxylic acids is 2. The van der Waals surface area contributed by atoms with Crippen LogP contribution < -0.4 is 5.32 Å². The summed E-state index contributed by atoms with van der Waals surface area (Å²) < 4.78 is 15.8. The van der Waals surface area contributed by atoms with Crippen molar-refractivity contribution in [3.8, 4) is 0 Å². The number of carbonyl (C=O) groups is 3. The van der Waals surface area contributed by atoms with Gasteiger partial charge in [0.05, 0.1) is 7.11 Å². The van der Waals surface area contributed by atoms with Crippen molar-refractivity contribution in [2.75, 3.05) is 34.0 Å². The lowest BCUT2D eigenvalue weighted by atomic mass is 10.0. The Kier molecular flexibility index (Phi) is 14.8. The molecule has 244 valence electrons. The number of carboxylic acids is 1. The molecule has 0 heterocycles. The zero-order valence-electron chi connectivity index (χ0n) is 27.1. The lowest BCUT2D eigenvalue weighted by Gasteiger charge is -2.28. The number of methoxy groups -OCH3 is 1. The van der Waals surface area contributed by atoms with Crippen molar-refractivity contribution >= 4 is 28.7 Å². The number of hydrogen-bond acceptors (Lipinski definition) is 6. The predicted octanol–water partition coefficient (Wildman–Crippen LogP) is 6.21. The van der Waals surface area contributed by atoms with Gasteiger partial charge in [-0.15, -0.1) is 0 Å². The number of alkyl carbamates (subject to hydrolysis) is 1. The van der Waals surface area contributed by atoms with Gasteiger partial charge in [0, 0.05) is 20.2 Å². The third-order valence-electron chi connectivity index (χ3n) is 8.05. The second-order valence-corrected chi connectivity index (χ2v) is 11.5. The Labute approximate surface area is 266 Å². The second-order valence-electron chi connectivity index (χ2n) is 11.5. The molecule has 9 nitrogen and oxygen atoms in total. The molecule has 0 aromatic heterocycles. The van der Waals surface area contributed by atoms with Gasteiger partial charge in [0.2, 0.25) is 0 Å². The van der Waals surface area contributed by atoms with E-state index in [1.807, 2.05) is 12.1 Å². The molecule has 0 spiro atoms. The maximum Gasteiger partial charge on any atom is 0.408 e. The fraction of sp³-hybridized carbons (Fsp3) is 0.472. The van der Waals surface area contributed by atoms with Gasteiger partial charge in [0.25, 0.3) is 5.91 Å². The Morgan fingerprint density at radius 2 is 1.44 bits per heavy atom. The SMILES string of the molecule is COC(=O)NCOC(C(=O)O)C(OCCCCCc1ccc(C)c(C)c1)C(=O)N(C)CCCCCc1ccc2ccccc2c1. The average Bonchev–Trinajstić information content (AvgIpc) is 3.03. The first-order valence-electron chi connectivity index (χ1n) is 15.8. The van der Waals surface area contributed by atoms with Gasteiger partial charge in [-0.1, -0.05) is 73.5 Å². The van der Waals surface area contributed by atoms with Gasteiger partial charge in [-0.25, -0.2) is 9.59 Å². The molecule has 2 N–H and O–H groups in total. The lowest BCUT2D eigenvalue weighted by Crippen LogP contribution is -2.50. The summed E-state index contributed by atoms with van der Waals surface area (Å²) in [7, 11) is 2.84. The number of amides is 2. The highest BCUT2D eigenvalue weighted by Gasteiger charge is 2.37. The number of nitrogens with zero attached hydrogens (tertiary/aromatic N) is 1. The third-order valence-corrected chi connectivity index (χ3v) is 8.05. The molecule has 3 aromatic rings. The molecule has 0 radical (unpaired) electrons. The molecule has 9 heteroatoms. The quantitative estimate of drug-likeness (QED) is 0.121. The number of likely N-dealkylation sites (N-methyl/N-ethyl adjacent to an activating group) is 1. The lowest BCUT2D eigenvalue weighted by molar-refractivity contribution is -0.173. The first-order valence-corrected chi connectivity index (χ1v) is 15.8. The molecule has 3 aromatic carbocycles. The van der Waals surface area contributed by atoms with Gasteiger partial charge in [-0.05, 0) is 85.4 Å². The largest absolute Gasteiger partial charge is 0.479 e. The van der Waals surface area contributed by atoms with E-state index < -0.39 is 36.9 Å². The summed E-state index contributed by atoms with van der Waals surface area (Å²) in [6, 6.07) is 21.3. The van der Waals surface area contributed by atoms with E-state index in [1.165, 1.54) is 45.0 Å². The van der Waals surface area contributed by atoms with Crippen LogP contribution in [0.5, 0.6) is 0 Å². The summed E-state index contributed by atoms with van der Waals surface area (Å²) in [6.07, 6.45) is 3.30. The minimum Gasteiger partial charge on any atom is -0.479 e. The number of benzene rings is 3. The summed E-state index contributed by atoms with van der Waals surface area (Å²) in [6.45, 7) is 4.43. The molecule has 3 rings (SSSR count). The minimum absolute atomic E-state index is 0.209. The highest BCUT2D eigenvalue weighted by Crippen LogP contribution is 2.18. The van der Waals surface area contributed by atoms with E-state index >= 15 is 0 Å². The zero-order chi connectivity index (χ0) is 32.6. The standard InChI is InChI=1S/C36H48N2O7/c1-26-17-18-28(23-27(26)2)13-8-6-12-22-44-32(33(35(40)41)45-25-37-36(42)43-4)34(39)38(3)21-11-5-7-14-29-19-20-30-15-9-10-16-31(30)24-29/h9-10,15-20,23-24,32-33H,5-8,11-14,21-22,25H2,1-4H3,(H,37,42)(H,40,41). The molecule has 0 saturated carbocycles. The maximum absolute atomic E-state index is 13.5. The van der Waals surface area contributed by atoms with Crippen LogP contribution in [0.1, 0.15) is 60.8 Å². The molecule has 0 aliphatic heterocycles. The van der Waals surface area contributed by atoms with E-state index in [9.17, 15) is 19.5 Å². The fourth-order valence-corrected chi connectivity index (χ4v) is 5.19. The number of nitrogens with one attached hydrogen (secondary N) is 1. The molecule has 0 bridgehead atoms. The van der Waals surface area contributed by atoms with E-state index in [0.29, 0.717) is 13.0 Å². The predicted molar refractivity (Wildman–Crippen MR) is 175 cm³/mol. The van der Waals surface area contributed by atoms with Crippen LogP contribution in [-0.2, 0) is 36.6 Å². The van der Waals surface area contributed by atoms with Crippen LogP contribution in [0.15, 0.2) is 60.7 Å². The van der Waals surface area contributed by atoms with Gasteiger partial charge in [-0.3, -0.25) is 10.1 Å². The van der Waals surface area contributed by atoms with Crippen LogP contribution >= 0.6 is 0 Å². The van der Waals surface area contributed by atoms with E-state index in [2.05, 4.69) is 72.4 Å². The van der Waals surface area contributed by atoms with Crippen LogP contribution in [0.25, 0.3) is 10.8 Å². The van der Waals surface area contributed by atoms with Crippen LogP contribution in [0.4, 0.5) is 4.79 Å². The molecule has 0 aliphatic rings. The smallest absolute Gasteiger partial charge is 0.408 e. The van der Waals surface area contributed by atoms with Gasteiger partial charge in [-0.2, -0.15) is 0 Å². The highest BCUT2D eigenvalue weighted by atomic mass is 16.6. The van der Waals surface area contributed by atoms with Crippen molar-refractivity contribution in [3.63, 3.8) is 0 Å². The first-order chi connectivity index (χ1) is 21.7. The van der Waals surface area contributed by atoms with Gasteiger partial charge >= 0.3 is 12.1 Å². The molecular formula is C36H48N2O7. The van der Waals surface area contributed by atoms with Gasteiger partial charge in [0.15, 0.2) is 12.2 Å². The van der Waals surface area contributed by atoms with Crippen molar-refractivity contribution in [1.29, 1.82) is 0 Å². The van der Waals surface area contributed by atoms with Crippen LogP contribution in [0.2, 0.25) is 0 Å². The Morgan fingerprint density at radius 1 is 0.778 bits per heavy atom.